The summed E-state index contributed by atoms with van der Waals surface area (Å²) in [7, 11) is -4.17. The lowest BCUT2D eigenvalue weighted by molar-refractivity contribution is -0.118. The highest BCUT2D eigenvalue weighted by atomic mass is 28.4. The summed E-state index contributed by atoms with van der Waals surface area (Å²) in [5.74, 6) is -0.760. The Hall–Kier alpha value is -1.54. The van der Waals surface area contributed by atoms with Gasteiger partial charge in [0, 0.05) is 18.7 Å². The van der Waals surface area contributed by atoms with E-state index >= 15 is 0 Å². The smallest absolute Gasteiger partial charge is 0.333 e. The third-order valence-corrected chi connectivity index (χ3v) is 16.6. The van der Waals surface area contributed by atoms with Gasteiger partial charge >= 0.3 is 5.69 Å². The predicted molar refractivity (Wildman–Crippen MR) is 138 cm³/mol. The van der Waals surface area contributed by atoms with Gasteiger partial charge in [-0.25, -0.2) is 4.79 Å². The number of aromatic nitrogens is 2. The van der Waals surface area contributed by atoms with E-state index in [1.165, 1.54) is 16.8 Å². The summed E-state index contributed by atoms with van der Waals surface area (Å²) in [4.78, 5) is 36.5. The van der Waals surface area contributed by atoms with Crippen molar-refractivity contribution in [2.24, 2.45) is 5.73 Å². The first kappa shape index (κ1) is 28.7. The second-order valence-corrected chi connectivity index (χ2v) is 21.8. The van der Waals surface area contributed by atoms with Crippen molar-refractivity contribution in [3.63, 3.8) is 0 Å². The summed E-state index contributed by atoms with van der Waals surface area (Å²) >= 11 is 0. The largest absolute Gasteiger partial charge is 0.414 e. The molecule has 1 aromatic rings. The Morgan fingerprint density at radius 3 is 2.15 bits per heavy atom. The Morgan fingerprint density at radius 2 is 1.65 bits per heavy atom. The standard InChI is InChI=1S/C23H43N3O6Si2/c1-22(2,3)33(7,8)30-15-17-16(32-34(9,10)23(4,5)6)13-20(31-17)25-12-11-19(28)26(21(25)29)14-18(24)27/h11-12,16-17,20H,13-15H2,1-10H3,(H2,24,27)/t16-,17+,20+/m0/s1. The first-order valence-corrected chi connectivity index (χ1v) is 17.7. The lowest BCUT2D eigenvalue weighted by Gasteiger charge is -2.40. The van der Waals surface area contributed by atoms with E-state index in [9.17, 15) is 14.4 Å². The van der Waals surface area contributed by atoms with Crippen molar-refractivity contribution in [1.82, 2.24) is 9.13 Å². The highest BCUT2D eigenvalue weighted by molar-refractivity contribution is 6.74. The van der Waals surface area contributed by atoms with Gasteiger partial charge in [-0.3, -0.25) is 18.7 Å². The zero-order valence-electron chi connectivity index (χ0n) is 22.4. The molecule has 0 aromatic carbocycles. The van der Waals surface area contributed by atoms with E-state index in [-0.39, 0.29) is 22.3 Å². The number of amides is 1. The minimum absolute atomic E-state index is 0.00146. The van der Waals surface area contributed by atoms with Crippen molar-refractivity contribution >= 4 is 22.5 Å². The maximum atomic E-state index is 13.0. The van der Waals surface area contributed by atoms with E-state index in [2.05, 4.69) is 67.7 Å². The average Bonchev–Trinajstić information content (AvgIpc) is 3.03. The number of hydrogen-bond donors (Lipinski definition) is 1. The minimum atomic E-state index is -2.14. The van der Waals surface area contributed by atoms with Crippen LogP contribution in [0.5, 0.6) is 0 Å². The van der Waals surface area contributed by atoms with Gasteiger partial charge in [0.05, 0.1) is 12.7 Å². The monoisotopic (exact) mass is 513 g/mol. The van der Waals surface area contributed by atoms with Gasteiger partial charge in [-0.05, 0) is 36.3 Å². The summed E-state index contributed by atoms with van der Waals surface area (Å²) < 4.78 is 21.7. The molecule has 3 atom stereocenters. The third kappa shape index (κ3) is 6.36. The maximum Gasteiger partial charge on any atom is 0.333 e. The highest BCUT2D eigenvalue weighted by Gasteiger charge is 2.46. The molecule has 34 heavy (non-hydrogen) atoms. The molecular weight excluding hydrogens is 470 g/mol. The molecular formula is C23H43N3O6Si2. The predicted octanol–water partition coefficient (Wildman–Crippen LogP) is 3.20. The van der Waals surface area contributed by atoms with Crippen LogP contribution in [0, 0.1) is 0 Å². The van der Waals surface area contributed by atoms with Crippen molar-refractivity contribution < 1.29 is 18.4 Å². The van der Waals surface area contributed by atoms with Crippen molar-refractivity contribution in [2.45, 2.75) is 109 Å². The molecule has 1 saturated heterocycles. The summed E-state index contributed by atoms with van der Waals surface area (Å²) in [5, 5.41) is 0.0451. The lowest BCUT2D eigenvalue weighted by Crippen LogP contribution is -2.48. The molecule has 1 amide bonds. The van der Waals surface area contributed by atoms with Gasteiger partial charge < -0.3 is 19.3 Å². The molecule has 0 radical (unpaired) electrons. The van der Waals surface area contributed by atoms with Crippen LogP contribution in [0.2, 0.25) is 36.3 Å². The maximum absolute atomic E-state index is 13.0. The fourth-order valence-electron chi connectivity index (χ4n) is 3.26. The number of carbonyl (C=O) groups is 1. The average molecular weight is 514 g/mol. The molecule has 0 saturated carbocycles. The Labute approximate surface area is 204 Å². The summed E-state index contributed by atoms with van der Waals surface area (Å²) in [6.45, 7) is 21.7. The van der Waals surface area contributed by atoms with E-state index in [1.807, 2.05) is 0 Å². The van der Waals surface area contributed by atoms with Gasteiger partial charge in [0.2, 0.25) is 5.91 Å². The SMILES string of the molecule is CC(C)(C)[Si](C)(C)OC[C@H]1O[C@@H](n2ccc(=O)n(CC(N)=O)c2=O)C[C@@H]1O[Si](C)(C)C(C)(C)C. The Balaban J connectivity index is 2.38. The van der Waals surface area contributed by atoms with Gasteiger partial charge in [-0.1, -0.05) is 41.5 Å². The molecule has 0 unspecified atom stereocenters. The molecule has 0 spiro atoms. The quantitative estimate of drug-likeness (QED) is 0.534. The number of rotatable bonds is 8. The number of ether oxygens (including phenoxy) is 1. The van der Waals surface area contributed by atoms with E-state index < -0.39 is 46.6 Å². The molecule has 194 valence electrons. The lowest BCUT2D eigenvalue weighted by atomic mass is 10.2. The topological polar surface area (TPSA) is 115 Å². The highest BCUT2D eigenvalue weighted by Crippen LogP contribution is 2.42. The molecule has 2 heterocycles. The molecule has 0 aliphatic carbocycles. The number of primary amides is 1. The van der Waals surface area contributed by atoms with Crippen LogP contribution in [0.4, 0.5) is 0 Å². The summed E-state index contributed by atoms with van der Waals surface area (Å²) in [5.41, 5.74) is 4.02. The van der Waals surface area contributed by atoms with Crippen molar-refractivity contribution in [3.8, 4) is 0 Å². The van der Waals surface area contributed by atoms with Crippen molar-refractivity contribution in [2.75, 3.05) is 6.61 Å². The second kappa shape index (κ2) is 9.84. The Bertz CT molecular complexity index is 1000. The van der Waals surface area contributed by atoms with Gasteiger partial charge in [0.15, 0.2) is 16.6 Å². The molecule has 11 heteroatoms. The molecule has 0 bridgehead atoms. The number of carbonyl (C=O) groups excluding carboxylic acids is 1. The number of nitrogens with two attached hydrogens (primary N) is 1. The van der Waals surface area contributed by atoms with E-state index in [4.69, 9.17) is 19.3 Å². The third-order valence-electron chi connectivity index (χ3n) is 7.57. The normalized spacial score (nSPS) is 22.2. The van der Waals surface area contributed by atoms with Gasteiger partial charge in [-0.2, -0.15) is 0 Å². The molecule has 1 aromatic heterocycles. The second-order valence-electron chi connectivity index (χ2n) is 12.2. The van der Waals surface area contributed by atoms with Crippen LogP contribution < -0.4 is 17.0 Å². The van der Waals surface area contributed by atoms with Crippen LogP contribution in [-0.4, -0.2) is 50.5 Å². The minimum Gasteiger partial charge on any atom is -0.414 e. The summed E-state index contributed by atoms with van der Waals surface area (Å²) in [6.07, 6.45) is 0.575. The van der Waals surface area contributed by atoms with E-state index in [0.717, 1.165) is 4.57 Å². The fourth-order valence-corrected chi connectivity index (χ4v) is 5.63. The van der Waals surface area contributed by atoms with Crippen LogP contribution in [0.25, 0.3) is 0 Å². The molecule has 1 fully saturated rings. The van der Waals surface area contributed by atoms with Crippen LogP contribution in [0.3, 0.4) is 0 Å². The van der Waals surface area contributed by atoms with Crippen LogP contribution in [0.1, 0.15) is 54.2 Å². The van der Waals surface area contributed by atoms with Crippen LogP contribution >= 0.6 is 0 Å². The first-order chi connectivity index (χ1) is 15.3. The van der Waals surface area contributed by atoms with E-state index in [1.54, 1.807) is 0 Å². The van der Waals surface area contributed by atoms with Gasteiger partial charge in [0.1, 0.15) is 18.9 Å². The molecule has 2 rings (SSSR count). The Morgan fingerprint density at radius 1 is 1.09 bits per heavy atom. The zero-order chi connectivity index (χ0) is 26.3. The molecule has 9 nitrogen and oxygen atoms in total. The molecule has 1 aliphatic rings. The van der Waals surface area contributed by atoms with Crippen LogP contribution in [-0.2, 0) is 24.9 Å². The first-order valence-electron chi connectivity index (χ1n) is 11.8. The van der Waals surface area contributed by atoms with Gasteiger partial charge in [-0.15, -0.1) is 0 Å². The molecule has 1 aliphatic heterocycles. The Kier molecular flexibility index (Phi) is 8.31. The van der Waals surface area contributed by atoms with Crippen molar-refractivity contribution in [1.29, 1.82) is 0 Å². The van der Waals surface area contributed by atoms with E-state index in [0.29, 0.717) is 13.0 Å². The van der Waals surface area contributed by atoms with Crippen LogP contribution in [0.15, 0.2) is 21.9 Å². The molecule has 2 N–H and O–H groups in total. The fraction of sp³-hybridized carbons (Fsp3) is 0.783. The van der Waals surface area contributed by atoms with Gasteiger partial charge in [0.25, 0.3) is 5.56 Å². The number of nitrogens with zero attached hydrogens (tertiary/aromatic N) is 2. The number of hydrogen-bond acceptors (Lipinski definition) is 6. The van der Waals surface area contributed by atoms with Crippen molar-refractivity contribution in [3.05, 3.63) is 33.1 Å². The summed E-state index contributed by atoms with van der Waals surface area (Å²) in [6, 6.07) is 1.25. The zero-order valence-corrected chi connectivity index (χ0v) is 24.4.